The summed E-state index contributed by atoms with van der Waals surface area (Å²) in [5.74, 6) is 0.841. The predicted molar refractivity (Wildman–Crippen MR) is 146 cm³/mol. The number of methoxy groups -OCH3 is 1. The van der Waals surface area contributed by atoms with Crippen molar-refractivity contribution in [3.63, 3.8) is 0 Å². The zero-order chi connectivity index (χ0) is 25.9. The highest BCUT2D eigenvalue weighted by molar-refractivity contribution is 5.76. The molecule has 2 aliphatic rings. The molecule has 0 bridgehead atoms. The van der Waals surface area contributed by atoms with Gasteiger partial charge in [0.2, 0.25) is 0 Å². The lowest BCUT2D eigenvalue weighted by Crippen LogP contribution is -2.51. The smallest absolute Gasteiger partial charge is 0.253 e. The first-order valence-electron chi connectivity index (χ1n) is 13.4. The molecule has 198 valence electrons. The molecule has 4 atom stereocenters. The van der Waals surface area contributed by atoms with Crippen molar-refractivity contribution in [2.45, 2.75) is 58.1 Å². The van der Waals surface area contributed by atoms with Gasteiger partial charge < -0.3 is 25.0 Å². The van der Waals surface area contributed by atoms with Crippen molar-refractivity contribution in [2.24, 2.45) is 23.0 Å². The van der Waals surface area contributed by atoms with E-state index in [0.717, 1.165) is 37.8 Å². The maximum absolute atomic E-state index is 12.9. The Labute approximate surface area is 215 Å². The number of anilines is 2. The molecule has 2 N–H and O–H groups in total. The van der Waals surface area contributed by atoms with E-state index in [2.05, 4.69) is 30.9 Å². The molecule has 1 saturated heterocycles. The molecule has 2 fully saturated rings. The van der Waals surface area contributed by atoms with E-state index in [4.69, 9.17) is 15.2 Å². The van der Waals surface area contributed by atoms with Crippen LogP contribution in [0.3, 0.4) is 0 Å². The minimum absolute atomic E-state index is 0.0561. The number of hydrogen-bond donors (Lipinski definition) is 1. The predicted octanol–water partition coefficient (Wildman–Crippen LogP) is 3.49. The molecule has 1 aliphatic heterocycles. The largest absolute Gasteiger partial charge is 0.385 e. The summed E-state index contributed by atoms with van der Waals surface area (Å²) in [6.07, 6.45) is 4.88. The molecule has 0 amide bonds. The average Bonchev–Trinajstić information content (AvgIpc) is 3.50. The molecular formula is C29H43N3O4. The van der Waals surface area contributed by atoms with Gasteiger partial charge >= 0.3 is 0 Å². The number of nitrogens with two attached hydrogens (primary N) is 1. The van der Waals surface area contributed by atoms with Gasteiger partial charge in [-0.2, -0.15) is 0 Å². The molecule has 7 nitrogen and oxygen atoms in total. The third-order valence-electron chi connectivity index (χ3n) is 8.43. The fraction of sp³-hybridized carbons (Fsp3) is 0.655. The van der Waals surface area contributed by atoms with E-state index in [0.29, 0.717) is 49.0 Å². The molecule has 4 rings (SSSR count). The van der Waals surface area contributed by atoms with Crippen molar-refractivity contribution < 1.29 is 9.47 Å². The van der Waals surface area contributed by atoms with Crippen LogP contribution in [-0.2, 0) is 9.47 Å². The number of likely N-dealkylation sites (N-methyl/N-ethyl adjacent to an activating group) is 1. The Morgan fingerprint density at radius 1 is 1.17 bits per heavy atom. The number of ether oxygens (including phenoxy) is 2. The lowest BCUT2D eigenvalue weighted by atomic mass is 9.87. The zero-order valence-electron chi connectivity index (χ0n) is 22.4. The summed E-state index contributed by atoms with van der Waals surface area (Å²) < 4.78 is 11.6. The monoisotopic (exact) mass is 497 g/mol. The molecule has 1 aliphatic carbocycles. The standard InChI is InChI=1S/C29H43N3O4/c1-29(2)17-22(29)16-23(18-30)31(3)24-25(27(34)26(24)33)32-13-8-12-21(19-32)28(36-15-9-14-35-4)20-10-6-5-7-11-20/h5-7,10-11,21-23,28H,8-9,12-19,30H2,1-4H3/t21-,22?,23+,28+/m1/s1. The highest BCUT2D eigenvalue weighted by Gasteiger charge is 2.47. The van der Waals surface area contributed by atoms with Gasteiger partial charge in [0.1, 0.15) is 11.4 Å². The van der Waals surface area contributed by atoms with Gasteiger partial charge in [0.25, 0.3) is 10.9 Å². The van der Waals surface area contributed by atoms with Gasteiger partial charge in [0.15, 0.2) is 0 Å². The molecule has 7 heteroatoms. The Hall–Kier alpha value is -2.22. The van der Waals surface area contributed by atoms with E-state index < -0.39 is 0 Å². The molecule has 0 spiro atoms. The molecule has 2 aromatic carbocycles. The Morgan fingerprint density at radius 2 is 1.89 bits per heavy atom. The second-order valence-electron chi connectivity index (χ2n) is 11.4. The number of hydrogen-bond acceptors (Lipinski definition) is 7. The van der Waals surface area contributed by atoms with E-state index >= 15 is 0 Å². The molecule has 0 radical (unpaired) electrons. The van der Waals surface area contributed by atoms with Gasteiger partial charge in [-0.3, -0.25) is 9.59 Å². The van der Waals surface area contributed by atoms with Gasteiger partial charge in [-0.05, 0) is 49.0 Å². The van der Waals surface area contributed by atoms with E-state index in [1.165, 1.54) is 6.42 Å². The van der Waals surface area contributed by atoms with Crippen molar-refractivity contribution in [2.75, 3.05) is 56.8 Å². The summed E-state index contributed by atoms with van der Waals surface area (Å²) in [5.41, 5.74) is 8.04. The van der Waals surface area contributed by atoms with Crippen LogP contribution in [0.4, 0.5) is 11.4 Å². The number of piperidine rings is 1. The quantitative estimate of drug-likeness (QED) is 0.335. The van der Waals surface area contributed by atoms with E-state index in [-0.39, 0.29) is 28.9 Å². The van der Waals surface area contributed by atoms with Crippen molar-refractivity contribution in [3.8, 4) is 0 Å². The fourth-order valence-electron chi connectivity index (χ4n) is 5.91. The van der Waals surface area contributed by atoms with Crippen LogP contribution in [0.5, 0.6) is 0 Å². The first-order valence-corrected chi connectivity index (χ1v) is 13.4. The number of nitrogens with zero attached hydrogens (tertiary/aromatic N) is 2. The summed E-state index contributed by atoms with van der Waals surface area (Å²) in [7, 11) is 3.63. The Kier molecular flexibility index (Phi) is 8.53. The maximum atomic E-state index is 12.9. The van der Waals surface area contributed by atoms with Gasteiger partial charge in [-0.25, -0.2) is 0 Å². The highest BCUT2D eigenvalue weighted by atomic mass is 16.5. The van der Waals surface area contributed by atoms with Crippen LogP contribution in [0.2, 0.25) is 0 Å². The lowest BCUT2D eigenvalue weighted by Gasteiger charge is -2.41. The molecule has 1 unspecified atom stereocenters. The Morgan fingerprint density at radius 3 is 2.53 bits per heavy atom. The SMILES string of the molecule is COCCCO[C@@H](c1ccccc1)[C@@H]1CCCN(c2c(N(C)[C@H](CN)CC3CC3(C)C)c(=O)c2=O)C1. The number of rotatable bonds is 13. The molecule has 1 heterocycles. The third kappa shape index (κ3) is 5.68. The normalized spacial score (nSPS) is 23.0. The minimum Gasteiger partial charge on any atom is -0.385 e. The Balaban J connectivity index is 1.51. The number of benzene rings is 1. The summed E-state index contributed by atoms with van der Waals surface area (Å²) in [6, 6.07) is 10.4. The van der Waals surface area contributed by atoms with Gasteiger partial charge in [0.05, 0.1) is 6.10 Å². The van der Waals surface area contributed by atoms with Crippen molar-refractivity contribution in [3.05, 3.63) is 56.3 Å². The first-order chi connectivity index (χ1) is 17.3. The van der Waals surface area contributed by atoms with E-state index in [9.17, 15) is 9.59 Å². The minimum atomic E-state index is -0.376. The van der Waals surface area contributed by atoms with Gasteiger partial charge in [0, 0.05) is 59.0 Å². The van der Waals surface area contributed by atoms with Crippen LogP contribution in [0.1, 0.15) is 57.6 Å². The third-order valence-corrected chi connectivity index (χ3v) is 8.43. The molecule has 1 saturated carbocycles. The fourth-order valence-corrected chi connectivity index (χ4v) is 5.91. The Bertz CT molecular complexity index is 1060. The van der Waals surface area contributed by atoms with Gasteiger partial charge in [-0.15, -0.1) is 0 Å². The summed E-state index contributed by atoms with van der Waals surface area (Å²) in [6.45, 7) is 7.78. The van der Waals surface area contributed by atoms with Crippen molar-refractivity contribution in [1.82, 2.24) is 0 Å². The van der Waals surface area contributed by atoms with Crippen LogP contribution in [0, 0.1) is 17.3 Å². The molecule has 0 aromatic heterocycles. The van der Waals surface area contributed by atoms with Crippen molar-refractivity contribution >= 4 is 11.4 Å². The maximum Gasteiger partial charge on any atom is 0.253 e. The van der Waals surface area contributed by atoms with Crippen LogP contribution in [-0.4, -0.2) is 53.0 Å². The summed E-state index contributed by atoms with van der Waals surface area (Å²) in [5, 5.41) is 0. The van der Waals surface area contributed by atoms with Crippen LogP contribution in [0.15, 0.2) is 39.9 Å². The van der Waals surface area contributed by atoms with Crippen LogP contribution < -0.4 is 26.4 Å². The summed E-state index contributed by atoms with van der Waals surface area (Å²) >= 11 is 0. The summed E-state index contributed by atoms with van der Waals surface area (Å²) in [4.78, 5) is 29.8. The van der Waals surface area contributed by atoms with Crippen molar-refractivity contribution in [1.29, 1.82) is 0 Å². The van der Waals surface area contributed by atoms with E-state index in [1.54, 1.807) is 7.11 Å². The zero-order valence-corrected chi connectivity index (χ0v) is 22.4. The van der Waals surface area contributed by atoms with Gasteiger partial charge in [-0.1, -0.05) is 44.2 Å². The lowest BCUT2D eigenvalue weighted by molar-refractivity contribution is -0.00236. The van der Waals surface area contributed by atoms with E-state index in [1.807, 2.05) is 30.1 Å². The molecule has 36 heavy (non-hydrogen) atoms. The van der Waals surface area contributed by atoms with Crippen LogP contribution in [0.25, 0.3) is 0 Å². The average molecular weight is 498 g/mol. The topological polar surface area (TPSA) is 85.1 Å². The highest BCUT2D eigenvalue weighted by Crippen LogP contribution is 2.54. The second-order valence-corrected chi connectivity index (χ2v) is 11.4. The second kappa shape index (κ2) is 11.4. The first kappa shape index (κ1) is 26.8. The molecule has 2 aromatic rings. The molecular weight excluding hydrogens is 454 g/mol. The van der Waals surface area contributed by atoms with Crippen LogP contribution >= 0.6 is 0 Å².